The first-order valence-electron chi connectivity index (χ1n) is 5.33. The van der Waals surface area contributed by atoms with E-state index in [2.05, 4.69) is 0 Å². The summed E-state index contributed by atoms with van der Waals surface area (Å²) in [7, 11) is 3.50. The van der Waals surface area contributed by atoms with Crippen LogP contribution in [0.5, 0.6) is 0 Å². The minimum Gasteiger partial charge on any atom is -0.385 e. The summed E-state index contributed by atoms with van der Waals surface area (Å²) in [5, 5.41) is 0. The lowest BCUT2D eigenvalue weighted by atomic mass is 10.1. The Bertz CT molecular complexity index is 241. The number of carbonyl (C=O) groups is 1. The molecular weight excluding hydrogens is 192 g/mol. The molecule has 4 heteroatoms. The van der Waals surface area contributed by atoms with Crippen molar-refractivity contribution in [3.63, 3.8) is 0 Å². The average Bonchev–Trinajstić information content (AvgIpc) is 2.64. The maximum atomic E-state index is 11.9. The van der Waals surface area contributed by atoms with Crippen molar-refractivity contribution in [1.29, 1.82) is 0 Å². The maximum Gasteiger partial charge on any atom is 0.229 e. The van der Waals surface area contributed by atoms with Gasteiger partial charge in [0.25, 0.3) is 0 Å². The van der Waals surface area contributed by atoms with Crippen LogP contribution in [-0.4, -0.2) is 44.2 Å². The number of methoxy groups -OCH3 is 1. The van der Waals surface area contributed by atoms with Gasteiger partial charge in [0.2, 0.25) is 5.91 Å². The Balaban J connectivity index is 2.30. The third-order valence-electron chi connectivity index (χ3n) is 2.65. The van der Waals surface area contributed by atoms with Gasteiger partial charge in [-0.25, -0.2) is 0 Å². The molecule has 86 valence electrons. The number of rotatable bonds is 5. The fourth-order valence-corrected chi connectivity index (χ4v) is 1.75. The van der Waals surface area contributed by atoms with Gasteiger partial charge in [0, 0.05) is 33.4 Å². The van der Waals surface area contributed by atoms with Gasteiger partial charge in [-0.05, 0) is 12.8 Å². The fraction of sp³-hybridized carbons (Fsp3) is 0.727. The number of hydrogen-bond donors (Lipinski definition) is 1. The van der Waals surface area contributed by atoms with E-state index in [0.717, 1.165) is 19.4 Å². The molecular formula is C11H20N2O2. The summed E-state index contributed by atoms with van der Waals surface area (Å²) in [4.78, 5) is 13.6. The van der Waals surface area contributed by atoms with E-state index in [4.69, 9.17) is 10.5 Å². The first kappa shape index (κ1) is 12.2. The minimum atomic E-state index is -0.0208. The predicted molar refractivity (Wildman–Crippen MR) is 59.4 cm³/mol. The maximum absolute atomic E-state index is 11.9. The fourth-order valence-electron chi connectivity index (χ4n) is 1.75. The van der Waals surface area contributed by atoms with Gasteiger partial charge in [0.1, 0.15) is 0 Å². The highest BCUT2D eigenvalue weighted by molar-refractivity contribution is 5.80. The molecule has 2 unspecified atom stereocenters. The van der Waals surface area contributed by atoms with Crippen molar-refractivity contribution in [3.05, 3.63) is 12.2 Å². The Kier molecular flexibility index (Phi) is 4.78. The molecule has 1 aliphatic carbocycles. The van der Waals surface area contributed by atoms with E-state index in [1.807, 2.05) is 19.2 Å². The lowest BCUT2D eigenvalue weighted by molar-refractivity contribution is -0.132. The summed E-state index contributed by atoms with van der Waals surface area (Å²) >= 11 is 0. The van der Waals surface area contributed by atoms with Crippen molar-refractivity contribution in [2.45, 2.75) is 18.9 Å². The molecule has 0 radical (unpaired) electrons. The van der Waals surface area contributed by atoms with E-state index >= 15 is 0 Å². The quantitative estimate of drug-likeness (QED) is 0.529. The van der Waals surface area contributed by atoms with Crippen molar-refractivity contribution >= 4 is 5.91 Å². The van der Waals surface area contributed by atoms with Crippen molar-refractivity contribution in [2.75, 3.05) is 27.3 Å². The molecule has 4 nitrogen and oxygen atoms in total. The molecule has 1 aliphatic rings. The number of hydrogen-bond acceptors (Lipinski definition) is 3. The normalized spacial score (nSPS) is 24.5. The molecule has 0 heterocycles. The molecule has 2 atom stereocenters. The van der Waals surface area contributed by atoms with E-state index in [-0.39, 0.29) is 17.9 Å². The van der Waals surface area contributed by atoms with Crippen molar-refractivity contribution in [3.8, 4) is 0 Å². The van der Waals surface area contributed by atoms with Crippen molar-refractivity contribution in [2.24, 2.45) is 11.7 Å². The van der Waals surface area contributed by atoms with Crippen molar-refractivity contribution < 1.29 is 9.53 Å². The zero-order valence-corrected chi connectivity index (χ0v) is 9.48. The van der Waals surface area contributed by atoms with Gasteiger partial charge < -0.3 is 15.4 Å². The highest BCUT2D eigenvalue weighted by Gasteiger charge is 2.24. The molecule has 0 aliphatic heterocycles. The number of carbonyl (C=O) groups excluding carboxylic acids is 1. The minimum absolute atomic E-state index is 0.0208. The van der Waals surface area contributed by atoms with Crippen LogP contribution in [-0.2, 0) is 9.53 Å². The van der Waals surface area contributed by atoms with E-state index in [9.17, 15) is 4.79 Å². The molecule has 0 spiro atoms. The van der Waals surface area contributed by atoms with Crippen LogP contribution < -0.4 is 5.73 Å². The summed E-state index contributed by atoms with van der Waals surface area (Å²) in [6.45, 7) is 1.43. The van der Waals surface area contributed by atoms with Gasteiger partial charge in [-0.15, -0.1) is 0 Å². The van der Waals surface area contributed by atoms with Crippen LogP contribution in [0.1, 0.15) is 12.8 Å². The smallest absolute Gasteiger partial charge is 0.229 e. The topological polar surface area (TPSA) is 55.6 Å². The molecule has 15 heavy (non-hydrogen) atoms. The summed E-state index contributed by atoms with van der Waals surface area (Å²) in [5.74, 6) is 0.142. The second kappa shape index (κ2) is 5.88. The largest absolute Gasteiger partial charge is 0.385 e. The van der Waals surface area contributed by atoms with Gasteiger partial charge in [0.05, 0.1) is 5.92 Å². The SMILES string of the molecule is COCCCN(C)C(=O)C1C=CC(N)C1. The Morgan fingerprint density at radius 3 is 2.87 bits per heavy atom. The highest BCUT2D eigenvalue weighted by atomic mass is 16.5. The molecule has 0 fully saturated rings. The van der Waals surface area contributed by atoms with Crippen LogP contribution >= 0.6 is 0 Å². The van der Waals surface area contributed by atoms with Crippen LogP contribution in [0.25, 0.3) is 0 Å². The van der Waals surface area contributed by atoms with E-state index < -0.39 is 0 Å². The third kappa shape index (κ3) is 3.64. The molecule has 0 saturated carbocycles. The van der Waals surface area contributed by atoms with Gasteiger partial charge in [0.15, 0.2) is 0 Å². The number of nitrogens with zero attached hydrogens (tertiary/aromatic N) is 1. The van der Waals surface area contributed by atoms with Crippen molar-refractivity contribution in [1.82, 2.24) is 4.90 Å². The molecule has 0 bridgehead atoms. The van der Waals surface area contributed by atoms with Crippen LogP contribution in [0.4, 0.5) is 0 Å². The predicted octanol–water partition coefficient (Wildman–Crippen LogP) is 0.385. The monoisotopic (exact) mass is 212 g/mol. The molecule has 0 aromatic heterocycles. The molecule has 0 aromatic carbocycles. The van der Waals surface area contributed by atoms with Gasteiger partial charge in [-0.2, -0.15) is 0 Å². The van der Waals surface area contributed by atoms with Crippen LogP contribution in [0.2, 0.25) is 0 Å². The Morgan fingerprint density at radius 2 is 2.33 bits per heavy atom. The molecule has 2 N–H and O–H groups in total. The summed E-state index contributed by atoms with van der Waals surface area (Å²) in [6, 6.07) is 0.0475. The van der Waals surface area contributed by atoms with E-state index in [1.54, 1.807) is 12.0 Å². The van der Waals surface area contributed by atoms with Crippen LogP contribution in [0.3, 0.4) is 0 Å². The second-order valence-electron chi connectivity index (χ2n) is 4.00. The van der Waals surface area contributed by atoms with E-state index in [1.165, 1.54) is 0 Å². The Hall–Kier alpha value is -0.870. The first-order valence-corrected chi connectivity index (χ1v) is 5.33. The number of ether oxygens (including phenoxy) is 1. The Labute approximate surface area is 91.1 Å². The summed E-state index contributed by atoms with van der Waals surface area (Å²) in [6.07, 6.45) is 5.44. The van der Waals surface area contributed by atoms with Gasteiger partial charge in [-0.3, -0.25) is 4.79 Å². The molecule has 1 amide bonds. The van der Waals surface area contributed by atoms with Crippen LogP contribution in [0.15, 0.2) is 12.2 Å². The van der Waals surface area contributed by atoms with Gasteiger partial charge >= 0.3 is 0 Å². The number of amides is 1. The lowest BCUT2D eigenvalue weighted by Gasteiger charge is -2.20. The van der Waals surface area contributed by atoms with E-state index in [0.29, 0.717) is 6.61 Å². The molecule has 1 rings (SSSR count). The highest BCUT2D eigenvalue weighted by Crippen LogP contribution is 2.18. The standard InChI is InChI=1S/C11H20N2O2/c1-13(6-3-7-15-2)11(14)9-4-5-10(12)8-9/h4-5,9-10H,3,6-8,12H2,1-2H3. The average molecular weight is 212 g/mol. The first-order chi connectivity index (χ1) is 7.15. The zero-order chi connectivity index (χ0) is 11.3. The third-order valence-corrected chi connectivity index (χ3v) is 2.65. The molecule has 0 aromatic rings. The summed E-state index contributed by atoms with van der Waals surface area (Å²) in [5.41, 5.74) is 5.71. The second-order valence-corrected chi connectivity index (χ2v) is 4.00. The summed E-state index contributed by atoms with van der Waals surface area (Å²) < 4.78 is 4.94. The molecule has 0 saturated heterocycles. The zero-order valence-electron chi connectivity index (χ0n) is 9.48. The Morgan fingerprint density at radius 1 is 1.60 bits per heavy atom. The van der Waals surface area contributed by atoms with Crippen LogP contribution in [0, 0.1) is 5.92 Å². The lowest BCUT2D eigenvalue weighted by Crippen LogP contribution is -2.33. The van der Waals surface area contributed by atoms with Gasteiger partial charge in [-0.1, -0.05) is 12.2 Å². The number of nitrogens with two attached hydrogens (primary N) is 1.